The Morgan fingerprint density at radius 2 is 2.00 bits per heavy atom. The third-order valence-corrected chi connectivity index (χ3v) is 4.98. The highest BCUT2D eigenvalue weighted by atomic mass is 16.5. The molecule has 3 aromatic rings. The van der Waals surface area contributed by atoms with E-state index in [4.69, 9.17) is 4.74 Å². The zero-order chi connectivity index (χ0) is 19.5. The van der Waals surface area contributed by atoms with Crippen molar-refractivity contribution in [3.8, 4) is 22.6 Å². The van der Waals surface area contributed by atoms with Crippen molar-refractivity contribution >= 4 is 5.91 Å². The van der Waals surface area contributed by atoms with Crippen LogP contribution in [0.3, 0.4) is 0 Å². The van der Waals surface area contributed by atoms with Crippen LogP contribution in [0.2, 0.25) is 0 Å². The lowest BCUT2D eigenvalue weighted by Crippen LogP contribution is -2.33. The number of aromatic nitrogens is 1. The van der Waals surface area contributed by atoms with Gasteiger partial charge in [-0.1, -0.05) is 30.3 Å². The first kappa shape index (κ1) is 18.0. The number of aryl methyl sites for hydroxylation is 1. The maximum absolute atomic E-state index is 12.8. The number of hydrogen-bond acceptors (Lipinski definition) is 4. The lowest BCUT2D eigenvalue weighted by atomic mass is 9.98. The zero-order valence-electron chi connectivity index (χ0n) is 15.8. The Kier molecular flexibility index (Phi) is 4.98. The highest BCUT2D eigenvalue weighted by Crippen LogP contribution is 2.38. The quantitative estimate of drug-likeness (QED) is 0.759. The van der Waals surface area contributed by atoms with Gasteiger partial charge in [-0.3, -0.25) is 9.78 Å². The minimum atomic E-state index is -0.00376. The van der Waals surface area contributed by atoms with Gasteiger partial charge in [0.05, 0.1) is 13.0 Å². The fourth-order valence-electron chi connectivity index (χ4n) is 3.53. The molecule has 0 aliphatic carbocycles. The molecule has 5 heteroatoms. The average molecular weight is 374 g/mol. The van der Waals surface area contributed by atoms with Gasteiger partial charge in [-0.15, -0.1) is 0 Å². The summed E-state index contributed by atoms with van der Waals surface area (Å²) in [6.07, 6.45) is 1.94. The lowest BCUT2D eigenvalue weighted by molar-refractivity contribution is -0.131. The smallest absolute Gasteiger partial charge is 0.229 e. The van der Waals surface area contributed by atoms with Crippen LogP contribution in [0, 0.1) is 6.92 Å². The number of nitrogens with zero attached hydrogens (tertiary/aromatic N) is 2. The molecule has 1 N–H and O–H groups in total. The van der Waals surface area contributed by atoms with E-state index in [2.05, 4.69) is 4.98 Å². The van der Waals surface area contributed by atoms with Crippen molar-refractivity contribution in [2.75, 3.05) is 13.2 Å². The SMILES string of the molecule is Cc1ccccc1-c1cc(O)c2c(c1)CN(C(=O)Cc1ccccn1)CCO2. The van der Waals surface area contributed by atoms with Crippen molar-refractivity contribution in [3.05, 3.63) is 77.6 Å². The molecule has 0 radical (unpaired) electrons. The van der Waals surface area contributed by atoms with Crippen LogP contribution in [0.25, 0.3) is 11.1 Å². The molecule has 0 atom stereocenters. The second-order valence-corrected chi connectivity index (χ2v) is 6.96. The average Bonchev–Trinajstić information content (AvgIpc) is 2.92. The summed E-state index contributed by atoms with van der Waals surface area (Å²) in [6.45, 7) is 3.25. The number of amides is 1. The van der Waals surface area contributed by atoms with Crippen LogP contribution in [-0.2, 0) is 17.8 Å². The molecule has 142 valence electrons. The van der Waals surface area contributed by atoms with Crippen LogP contribution in [-0.4, -0.2) is 34.0 Å². The highest BCUT2D eigenvalue weighted by Gasteiger charge is 2.23. The van der Waals surface area contributed by atoms with Crippen molar-refractivity contribution in [1.82, 2.24) is 9.88 Å². The fraction of sp³-hybridized carbons (Fsp3) is 0.217. The Hall–Kier alpha value is -3.34. The molecule has 1 aliphatic rings. The summed E-state index contributed by atoms with van der Waals surface area (Å²) in [5.41, 5.74) is 4.65. The number of ether oxygens (including phenoxy) is 1. The summed E-state index contributed by atoms with van der Waals surface area (Å²) in [5, 5.41) is 10.5. The Bertz CT molecular complexity index is 1000. The number of carbonyl (C=O) groups excluding carboxylic acids is 1. The van der Waals surface area contributed by atoms with Crippen LogP contribution in [0.4, 0.5) is 0 Å². The number of benzene rings is 2. The van der Waals surface area contributed by atoms with Gasteiger partial charge in [-0.2, -0.15) is 0 Å². The first-order valence-corrected chi connectivity index (χ1v) is 9.34. The van der Waals surface area contributed by atoms with Crippen LogP contribution in [0.1, 0.15) is 16.8 Å². The minimum Gasteiger partial charge on any atom is -0.504 e. The van der Waals surface area contributed by atoms with E-state index in [0.29, 0.717) is 25.4 Å². The zero-order valence-corrected chi connectivity index (χ0v) is 15.8. The van der Waals surface area contributed by atoms with E-state index < -0.39 is 0 Å². The number of rotatable bonds is 3. The van der Waals surface area contributed by atoms with Crippen molar-refractivity contribution in [2.45, 2.75) is 19.9 Å². The van der Waals surface area contributed by atoms with Crippen molar-refractivity contribution in [3.63, 3.8) is 0 Å². The third-order valence-electron chi connectivity index (χ3n) is 4.98. The Balaban J connectivity index is 1.63. The second kappa shape index (κ2) is 7.72. The highest BCUT2D eigenvalue weighted by molar-refractivity contribution is 5.79. The van der Waals surface area contributed by atoms with Gasteiger partial charge in [-0.05, 0) is 47.9 Å². The molecular weight excluding hydrogens is 352 g/mol. The van der Waals surface area contributed by atoms with Crippen molar-refractivity contribution in [2.24, 2.45) is 0 Å². The maximum Gasteiger partial charge on any atom is 0.229 e. The van der Waals surface area contributed by atoms with E-state index in [1.165, 1.54) is 0 Å². The van der Waals surface area contributed by atoms with Gasteiger partial charge >= 0.3 is 0 Å². The van der Waals surface area contributed by atoms with E-state index in [1.54, 1.807) is 17.2 Å². The molecule has 0 saturated carbocycles. The standard InChI is InChI=1S/C23H22N2O3/c1-16-6-2-3-8-20(16)17-12-18-15-25(10-11-28-23(18)21(26)13-17)22(27)14-19-7-4-5-9-24-19/h2-9,12-13,26H,10-11,14-15H2,1H3. The van der Waals surface area contributed by atoms with E-state index in [1.807, 2.05) is 55.5 Å². The summed E-state index contributed by atoms with van der Waals surface area (Å²) in [7, 11) is 0. The molecule has 28 heavy (non-hydrogen) atoms. The van der Waals surface area contributed by atoms with Crippen LogP contribution < -0.4 is 4.74 Å². The minimum absolute atomic E-state index is 0.00376. The molecule has 1 amide bonds. The molecule has 2 heterocycles. The second-order valence-electron chi connectivity index (χ2n) is 6.96. The largest absolute Gasteiger partial charge is 0.504 e. The number of phenols is 1. The summed E-state index contributed by atoms with van der Waals surface area (Å²) >= 11 is 0. The van der Waals surface area contributed by atoms with E-state index in [-0.39, 0.29) is 18.1 Å². The third kappa shape index (κ3) is 3.69. The topological polar surface area (TPSA) is 62.7 Å². The molecule has 0 saturated heterocycles. The van der Waals surface area contributed by atoms with Crippen LogP contribution in [0.15, 0.2) is 60.8 Å². The van der Waals surface area contributed by atoms with Crippen LogP contribution in [0.5, 0.6) is 11.5 Å². The number of fused-ring (bicyclic) bond motifs is 1. The number of hydrogen-bond donors (Lipinski definition) is 1. The summed E-state index contributed by atoms with van der Waals surface area (Å²) < 4.78 is 5.77. The molecule has 1 aromatic heterocycles. The molecule has 4 rings (SSSR count). The predicted molar refractivity (Wildman–Crippen MR) is 107 cm³/mol. The molecule has 2 aromatic carbocycles. The van der Waals surface area contributed by atoms with Gasteiger partial charge < -0.3 is 14.7 Å². The van der Waals surface area contributed by atoms with Crippen molar-refractivity contribution < 1.29 is 14.6 Å². The van der Waals surface area contributed by atoms with Crippen LogP contribution >= 0.6 is 0 Å². The normalized spacial score (nSPS) is 13.4. The van der Waals surface area contributed by atoms with E-state index in [9.17, 15) is 9.90 Å². The molecular formula is C23H22N2O3. The summed E-state index contributed by atoms with van der Waals surface area (Å²) in [5.74, 6) is 0.566. The summed E-state index contributed by atoms with van der Waals surface area (Å²) in [4.78, 5) is 18.8. The molecule has 0 spiro atoms. The Labute approximate surface area is 164 Å². The first-order chi connectivity index (χ1) is 13.6. The Morgan fingerprint density at radius 3 is 2.79 bits per heavy atom. The van der Waals surface area contributed by atoms with E-state index in [0.717, 1.165) is 27.9 Å². The van der Waals surface area contributed by atoms with Gasteiger partial charge in [-0.25, -0.2) is 0 Å². The first-order valence-electron chi connectivity index (χ1n) is 9.34. The van der Waals surface area contributed by atoms with Crippen molar-refractivity contribution in [1.29, 1.82) is 0 Å². The maximum atomic E-state index is 12.8. The molecule has 5 nitrogen and oxygen atoms in total. The predicted octanol–water partition coefficient (Wildman–Crippen LogP) is 3.73. The summed E-state index contributed by atoms with van der Waals surface area (Å²) in [6, 6.07) is 17.3. The van der Waals surface area contributed by atoms with Gasteiger partial charge in [0.2, 0.25) is 5.91 Å². The van der Waals surface area contributed by atoms with Gasteiger partial charge in [0.1, 0.15) is 6.61 Å². The number of aromatic hydroxyl groups is 1. The van der Waals surface area contributed by atoms with E-state index >= 15 is 0 Å². The molecule has 0 unspecified atom stereocenters. The number of pyridine rings is 1. The monoisotopic (exact) mass is 374 g/mol. The van der Waals surface area contributed by atoms with Gasteiger partial charge in [0.25, 0.3) is 0 Å². The molecule has 0 fully saturated rings. The fourth-order valence-corrected chi connectivity index (χ4v) is 3.53. The Morgan fingerprint density at radius 1 is 1.18 bits per heavy atom. The molecule has 1 aliphatic heterocycles. The number of carbonyl (C=O) groups is 1. The number of phenolic OH excluding ortho intramolecular Hbond substituents is 1. The lowest BCUT2D eigenvalue weighted by Gasteiger charge is -2.20. The molecule has 0 bridgehead atoms. The van der Waals surface area contributed by atoms with Gasteiger partial charge in [0, 0.05) is 24.0 Å². The van der Waals surface area contributed by atoms with Gasteiger partial charge in [0.15, 0.2) is 11.5 Å².